The lowest BCUT2D eigenvalue weighted by atomic mass is 10.0. The summed E-state index contributed by atoms with van der Waals surface area (Å²) in [6.07, 6.45) is -1.57. The van der Waals surface area contributed by atoms with Crippen LogP contribution in [-0.4, -0.2) is 55.1 Å². The van der Waals surface area contributed by atoms with Gasteiger partial charge < -0.3 is 25.2 Å². The number of nitrogens with one attached hydrogen (secondary N) is 1. The van der Waals surface area contributed by atoms with Gasteiger partial charge >= 0.3 is 0 Å². The van der Waals surface area contributed by atoms with E-state index in [1.165, 1.54) is 6.92 Å². The van der Waals surface area contributed by atoms with Gasteiger partial charge in [-0.25, -0.2) is 0 Å². The van der Waals surface area contributed by atoms with Crippen molar-refractivity contribution in [2.24, 2.45) is 0 Å². The SMILES string of the molecule is CC(=O)NCCC(O)C(O)c1cccc(N2CCOCC2)c1. The number of rotatable bonds is 6. The number of aliphatic hydroxyl groups excluding tert-OH is 2. The molecule has 1 aliphatic heterocycles. The molecule has 6 heteroatoms. The van der Waals surface area contributed by atoms with Gasteiger partial charge in [-0.15, -0.1) is 0 Å². The quantitative estimate of drug-likeness (QED) is 0.710. The lowest BCUT2D eigenvalue weighted by molar-refractivity contribution is -0.119. The fourth-order valence-electron chi connectivity index (χ4n) is 2.50. The van der Waals surface area contributed by atoms with Gasteiger partial charge in [0.15, 0.2) is 0 Å². The van der Waals surface area contributed by atoms with Gasteiger partial charge in [0, 0.05) is 32.2 Å². The number of carbonyl (C=O) groups excluding carboxylic acids is 1. The Morgan fingerprint density at radius 2 is 2.09 bits per heavy atom. The van der Waals surface area contributed by atoms with E-state index < -0.39 is 12.2 Å². The molecule has 2 rings (SSSR count). The lowest BCUT2D eigenvalue weighted by Gasteiger charge is -2.29. The Bertz CT molecular complexity index is 489. The van der Waals surface area contributed by atoms with E-state index in [1.54, 1.807) is 6.07 Å². The number of carbonyl (C=O) groups is 1. The summed E-state index contributed by atoms with van der Waals surface area (Å²) in [7, 11) is 0. The predicted molar refractivity (Wildman–Crippen MR) is 83.7 cm³/mol. The van der Waals surface area contributed by atoms with E-state index in [0.717, 1.165) is 18.8 Å². The standard InChI is InChI=1S/C16H24N2O4/c1-12(19)17-6-5-15(20)16(21)13-3-2-4-14(11-13)18-7-9-22-10-8-18/h2-4,11,15-16,20-21H,5-10H2,1H3,(H,17,19). The van der Waals surface area contributed by atoms with E-state index >= 15 is 0 Å². The Kier molecular flexibility index (Phi) is 6.18. The van der Waals surface area contributed by atoms with Crippen LogP contribution in [0.5, 0.6) is 0 Å². The Hall–Kier alpha value is -1.63. The highest BCUT2D eigenvalue weighted by Gasteiger charge is 2.19. The second-order valence-electron chi connectivity index (χ2n) is 5.48. The number of anilines is 1. The van der Waals surface area contributed by atoms with Gasteiger partial charge in [-0.2, -0.15) is 0 Å². The predicted octanol–water partition coefficient (Wildman–Crippen LogP) is 0.444. The van der Waals surface area contributed by atoms with Crippen molar-refractivity contribution in [1.82, 2.24) is 5.32 Å². The van der Waals surface area contributed by atoms with Crippen LogP contribution in [0.3, 0.4) is 0 Å². The molecule has 22 heavy (non-hydrogen) atoms. The van der Waals surface area contributed by atoms with Gasteiger partial charge in [-0.05, 0) is 24.1 Å². The summed E-state index contributed by atoms with van der Waals surface area (Å²) in [6.45, 7) is 4.82. The van der Waals surface area contributed by atoms with Crippen molar-refractivity contribution in [2.75, 3.05) is 37.7 Å². The fourth-order valence-corrected chi connectivity index (χ4v) is 2.50. The lowest BCUT2D eigenvalue weighted by Crippen LogP contribution is -2.36. The van der Waals surface area contributed by atoms with E-state index in [9.17, 15) is 15.0 Å². The van der Waals surface area contributed by atoms with E-state index in [0.29, 0.717) is 31.7 Å². The molecule has 1 aromatic rings. The molecular weight excluding hydrogens is 284 g/mol. The van der Waals surface area contributed by atoms with Crippen LogP contribution < -0.4 is 10.2 Å². The third-order valence-electron chi connectivity index (χ3n) is 3.77. The number of hydrogen-bond donors (Lipinski definition) is 3. The molecule has 122 valence electrons. The summed E-state index contributed by atoms with van der Waals surface area (Å²) in [6, 6.07) is 7.57. The molecule has 2 atom stereocenters. The highest BCUT2D eigenvalue weighted by atomic mass is 16.5. The fraction of sp³-hybridized carbons (Fsp3) is 0.562. The van der Waals surface area contributed by atoms with Gasteiger partial charge in [0.2, 0.25) is 5.91 Å². The molecule has 0 aromatic heterocycles. The molecule has 0 radical (unpaired) electrons. The third-order valence-corrected chi connectivity index (χ3v) is 3.77. The Morgan fingerprint density at radius 3 is 2.77 bits per heavy atom. The number of benzene rings is 1. The minimum Gasteiger partial charge on any atom is -0.390 e. The van der Waals surface area contributed by atoms with Crippen LogP contribution >= 0.6 is 0 Å². The van der Waals surface area contributed by atoms with E-state index in [1.807, 2.05) is 18.2 Å². The zero-order chi connectivity index (χ0) is 15.9. The summed E-state index contributed by atoms with van der Waals surface area (Å²) in [5.74, 6) is -0.143. The number of amides is 1. The van der Waals surface area contributed by atoms with E-state index in [-0.39, 0.29) is 5.91 Å². The van der Waals surface area contributed by atoms with Crippen molar-refractivity contribution >= 4 is 11.6 Å². The first-order valence-corrected chi connectivity index (χ1v) is 7.61. The van der Waals surface area contributed by atoms with Gasteiger partial charge in [-0.1, -0.05) is 12.1 Å². The van der Waals surface area contributed by atoms with Gasteiger partial charge in [-0.3, -0.25) is 4.79 Å². The number of aliphatic hydroxyl groups is 2. The maximum Gasteiger partial charge on any atom is 0.216 e. The monoisotopic (exact) mass is 308 g/mol. The molecule has 0 saturated carbocycles. The molecule has 1 aromatic carbocycles. The summed E-state index contributed by atoms with van der Waals surface area (Å²) in [5, 5.41) is 22.9. The highest BCUT2D eigenvalue weighted by Crippen LogP contribution is 2.24. The average Bonchev–Trinajstić information content (AvgIpc) is 2.54. The molecule has 1 amide bonds. The Morgan fingerprint density at radius 1 is 1.36 bits per heavy atom. The summed E-state index contributed by atoms with van der Waals surface area (Å²) < 4.78 is 5.34. The molecule has 3 N–H and O–H groups in total. The van der Waals surface area contributed by atoms with Crippen LogP contribution in [-0.2, 0) is 9.53 Å². The smallest absolute Gasteiger partial charge is 0.216 e. The normalized spacial score (nSPS) is 17.9. The van der Waals surface area contributed by atoms with Crippen LogP contribution in [0.4, 0.5) is 5.69 Å². The zero-order valence-corrected chi connectivity index (χ0v) is 12.9. The molecule has 0 bridgehead atoms. The molecular formula is C16H24N2O4. The van der Waals surface area contributed by atoms with E-state index in [4.69, 9.17) is 4.74 Å². The van der Waals surface area contributed by atoms with Crippen LogP contribution in [0.15, 0.2) is 24.3 Å². The number of morpholine rings is 1. The van der Waals surface area contributed by atoms with Crippen LogP contribution in [0, 0.1) is 0 Å². The maximum absolute atomic E-state index is 10.8. The van der Waals surface area contributed by atoms with Crippen LogP contribution in [0.1, 0.15) is 25.0 Å². The molecule has 0 spiro atoms. The van der Waals surface area contributed by atoms with Crippen molar-refractivity contribution in [3.63, 3.8) is 0 Å². The molecule has 1 fully saturated rings. The summed E-state index contributed by atoms with van der Waals surface area (Å²) in [4.78, 5) is 13.0. The molecule has 1 aliphatic rings. The maximum atomic E-state index is 10.8. The minimum absolute atomic E-state index is 0.143. The first-order chi connectivity index (χ1) is 10.6. The first-order valence-electron chi connectivity index (χ1n) is 7.61. The summed E-state index contributed by atoms with van der Waals surface area (Å²) in [5.41, 5.74) is 1.70. The second kappa shape index (κ2) is 8.12. The zero-order valence-electron chi connectivity index (χ0n) is 12.9. The largest absolute Gasteiger partial charge is 0.390 e. The molecule has 2 unspecified atom stereocenters. The van der Waals surface area contributed by atoms with Gasteiger partial charge in [0.25, 0.3) is 0 Å². The topological polar surface area (TPSA) is 82.0 Å². The second-order valence-corrected chi connectivity index (χ2v) is 5.48. The Labute approximate surface area is 130 Å². The number of nitrogens with zero attached hydrogens (tertiary/aromatic N) is 1. The van der Waals surface area contributed by atoms with Crippen LogP contribution in [0.25, 0.3) is 0 Å². The van der Waals surface area contributed by atoms with Crippen molar-refractivity contribution in [3.8, 4) is 0 Å². The van der Waals surface area contributed by atoms with Gasteiger partial charge in [0.1, 0.15) is 6.10 Å². The molecule has 1 heterocycles. The minimum atomic E-state index is -0.963. The van der Waals surface area contributed by atoms with E-state index in [2.05, 4.69) is 10.2 Å². The Balaban J connectivity index is 1.96. The number of hydrogen-bond acceptors (Lipinski definition) is 5. The van der Waals surface area contributed by atoms with Crippen LogP contribution in [0.2, 0.25) is 0 Å². The van der Waals surface area contributed by atoms with Crippen molar-refractivity contribution in [3.05, 3.63) is 29.8 Å². The number of ether oxygens (including phenoxy) is 1. The van der Waals surface area contributed by atoms with Crippen molar-refractivity contribution in [2.45, 2.75) is 25.6 Å². The highest BCUT2D eigenvalue weighted by molar-refractivity contribution is 5.72. The van der Waals surface area contributed by atoms with Crippen molar-refractivity contribution in [1.29, 1.82) is 0 Å². The molecule has 0 aliphatic carbocycles. The first kappa shape index (κ1) is 16.7. The summed E-state index contributed by atoms with van der Waals surface area (Å²) >= 11 is 0. The van der Waals surface area contributed by atoms with Gasteiger partial charge in [0.05, 0.1) is 19.3 Å². The molecule has 6 nitrogen and oxygen atoms in total. The third kappa shape index (κ3) is 4.69. The molecule has 1 saturated heterocycles. The van der Waals surface area contributed by atoms with Crippen molar-refractivity contribution < 1.29 is 19.7 Å². The average molecular weight is 308 g/mol.